The minimum absolute atomic E-state index is 0.212. The van der Waals surface area contributed by atoms with Crippen LogP contribution < -0.4 is 4.74 Å². The minimum Gasteiger partial charge on any atom is -0.507 e. The first-order chi connectivity index (χ1) is 7.36. The summed E-state index contributed by atoms with van der Waals surface area (Å²) in [6, 6.07) is 5.41. The lowest BCUT2D eigenvalue weighted by Crippen LogP contribution is -2.11. The Morgan fingerprint density at radius 3 is 3.20 bits per heavy atom. The number of allylic oxidation sites excluding steroid dienone is 3. The van der Waals surface area contributed by atoms with E-state index < -0.39 is 0 Å². The predicted molar refractivity (Wildman–Crippen MR) is 57.9 cm³/mol. The second-order valence-electron chi connectivity index (χ2n) is 3.94. The van der Waals surface area contributed by atoms with Crippen LogP contribution in [0.1, 0.15) is 24.3 Å². The molecule has 0 aromatic heterocycles. The Hall–Kier alpha value is -1.70. The van der Waals surface area contributed by atoms with Crippen LogP contribution in [0.15, 0.2) is 42.2 Å². The Bertz CT molecular complexity index is 458. The fourth-order valence-electron chi connectivity index (χ4n) is 2.26. The zero-order valence-electron chi connectivity index (χ0n) is 8.31. The Kier molecular flexibility index (Phi) is 1.81. The van der Waals surface area contributed by atoms with Crippen LogP contribution in [0.3, 0.4) is 0 Å². The van der Waals surface area contributed by atoms with Crippen molar-refractivity contribution < 1.29 is 9.84 Å². The molecule has 0 bridgehead atoms. The summed E-state index contributed by atoms with van der Waals surface area (Å²) in [6.45, 7) is 0. The van der Waals surface area contributed by atoms with E-state index in [-0.39, 0.29) is 5.92 Å². The van der Waals surface area contributed by atoms with Gasteiger partial charge in [0.25, 0.3) is 0 Å². The van der Waals surface area contributed by atoms with Crippen LogP contribution >= 0.6 is 0 Å². The van der Waals surface area contributed by atoms with E-state index in [1.54, 1.807) is 12.1 Å². The van der Waals surface area contributed by atoms with Crippen molar-refractivity contribution in [2.45, 2.75) is 18.8 Å². The molecular formula is C13H12O2. The summed E-state index contributed by atoms with van der Waals surface area (Å²) >= 11 is 0. The first-order valence-electron chi connectivity index (χ1n) is 5.20. The normalized spacial score (nSPS) is 22.4. The summed E-state index contributed by atoms with van der Waals surface area (Å²) in [5.41, 5.74) is 2.16. The van der Waals surface area contributed by atoms with Gasteiger partial charge in [-0.2, -0.15) is 0 Å². The zero-order valence-corrected chi connectivity index (χ0v) is 8.31. The molecule has 1 unspecified atom stereocenters. The van der Waals surface area contributed by atoms with Crippen molar-refractivity contribution >= 4 is 0 Å². The molecule has 0 saturated heterocycles. The summed E-state index contributed by atoms with van der Waals surface area (Å²) in [4.78, 5) is 0. The third-order valence-electron chi connectivity index (χ3n) is 3.02. The number of phenols is 1. The molecule has 1 aliphatic carbocycles. The van der Waals surface area contributed by atoms with E-state index in [2.05, 4.69) is 12.2 Å². The monoisotopic (exact) mass is 200 g/mol. The highest BCUT2D eigenvalue weighted by atomic mass is 16.5. The molecule has 2 heteroatoms. The number of hydrogen-bond acceptors (Lipinski definition) is 2. The van der Waals surface area contributed by atoms with E-state index in [1.165, 1.54) is 5.57 Å². The standard InChI is InChI=1S/C13H12O2/c14-11-6-3-7-12-13(11)10-5-2-1-4-9(10)8-15-12/h2-3,5-8,10,14H,1,4H2. The molecule has 0 fully saturated rings. The van der Waals surface area contributed by atoms with Crippen LogP contribution in [0.5, 0.6) is 11.5 Å². The van der Waals surface area contributed by atoms with Crippen LogP contribution in [0.4, 0.5) is 0 Å². The largest absolute Gasteiger partial charge is 0.507 e. The molecule has 1 aliphatic heterocycles. The second kappa shape index (κ2) is 3.16. The highest BCUT2D eigenvalue weighted by Gasteiger charge is 2.26. The SMILES string of the molecule is Oc1cccc2c1C1C=CCCC1=CO2. The Morgan fingerprint density at radius 2 is 2.27 bits per heavy atom. The van der Waals surface area contributed by atoms with Crippen LogP contribution in [0.2, 0.25) is 0 Å². The highest BCUT2D eigenvalue weighted by Crippen LogP contribution is 2.45. The zero-order chi connectivity index (χ0) is 10.3. The smallest absolute Gasteiger partial charge is 0.134 e. The van der Waals surface area contributed by atoms with Crippen LogP contribution in [-0.2, 0) is 0 Å². The number of phenolic OH excluding ortho intramolecular Hbond substituents is 1. The van der Waals surface area contributed by atoms with E-state index >= 15 is 0 Å². The van der Waals surface area contributed by atoms with Gasteiger partial charge in [-0.05, 0) is 30.5 Å². The highest BCUT2D eigenvalue weighted by molar-refractivity contribution is 5.54. The lowest BCUT2D eigenvalue weighted by Gasteiger charge is -2.27. The maximum atomic E-state index is 9.85. The summed E-state index contributed by atoms with van der Waals surface area (Å²) in [7, 11) is 0. The number of benzene rings is 1. The van der Waals surface area contributed by atoms with E-state index in [4.69, 9.17) is 4.74 Å². The minimum atomic E-state index is 0.212. The molecule has 0 radical (unpaired) electrons. The van der Waals surface area contributed by atoms with Crippen molar-refractivity contribution in [2.75, 3.05) is 0 Å². The first kappa shape index (κ1) is 8.60. The maximum absolute atomic E-state index is 9.85. The summed E-state index contributed by atoms with van der Waals surface area (Å²) < 4.78 is 5.52. The molecule has 1 aromatic carbocycles. The van der Waals surface area contributed by atoms with Gasteiger partial charge in [0.15, 0.2) is 0 Å². The summed E-state index contributed by atoms with van der Waals surface area (Å²) in [5, 5.41) is 9.85. The number of hydrogen-bond donors (Lipinski definition) is 1. The Balaban J connectivity index is 2.18. The van der Waals surface area contributed by atoms with Crippen LogP contribution in [0, 0.1) is 0 Å². The van der Waals surface area contributed by atoms with Crippen LogP contribution in [0.25, 0.3) is 0 Å². The lowest BCUT2D eigenvalue weighted by atomic mass is 9.83. The van der Waals surface area contributed by atoms with Crippen molar-refractivity contribution in [1.29, 1.82) is 0 Å². The Morgan fingerprint density at radius 1 is 1.33 bits per heavy atom. The van der Waals surface area contributed by atoms with Gasteiger partial charge >= 0.3 is 0 Å². The molecule has 76 valence electrons. The third kappa shape index (κ3) is 1.25. The number of rotatable bonds is 0. The number of aromatic hydroxyl groups is 1. The molecule has 0 spiro atoms. The van der Waals surface area contributed by atoms with Gasteiger partial charge in [-0.15, -0.1) is 0 Å². The van der Waals surface area contributed by atoms with Gasteiger partial charge in [-0.3, -0.25) is 0 Å². The van der Waals surface area contributed by atoms with Gasteiger partial charge in [0, 0.05) is 11.5 Å². The van der Waals surface area contributed by atoms with Gasteiger partial charge in [-0.1, -0.05) is 18.2 Å². The molecular weight excluding hydrogens is 188 g/mol. The topological polar surface area (TPSA) is 29.5 Å². The Labute approximate surface area is 88.5 Å². The van der Waals surface area contributed by atoms with Crippen molar-refractivity contribution in [3.63, 3.8) is 0 Å². The molecule has 3 rings (SSSR count). The molecule has 2 aliphatic rings. The summed E-state index contributed by atoms with van der Waals surface area (Å²) in [5.74, 6) is 1.31. The lowest BCUT2D eigenvalue weighted by molar-refractivity contribution is 0.419. The van der Waals surface area contributed by atoms with Crippen molar-refractivity contribution in [1.82, 2.24) is 0 Å². The van der Waals surface area contributed by atoms with Crippen LogP contribution in [-0.4, -0.2) is 5.11 Å². The fraction of sp³-hybridized carbons (Fsp3) is 0.231. The molecule has 15 heavy (non-hydrogen) atoms. The quantitative estimate of drug-likeness (QED) is 0.652. The average molecular weight is 200 g/mol. The molecule has 0 amide bonds. The molecule has 0 saturated carbocycles. The maximum Gasteiger partial charge on any atom is 0.134 e. The van der Waals surface area contributed by atoms with Gasteiger partial charge in [0.2, 0.25) is 0 Å². The van der Waals surface area contributed by atoms with E-state index in [9.17, 15) is 5.11 Å². The van der Waals surface area contributed by atoms with Gasteiger partial charge in [-0.25, -0.2) is 0 Å². The predicted octanol–water partition coefficient (Wildman–Crippen LogP) is 3.10. The number of fused-ring (bicyclic) bond motifs is 3. The van der Waals surface area contributed by atoms with E-state index in [1.807, 2.05) is 12.3 Å². The van der Waals surface area contributed by atoms with Gasteiger partial charge in [0.05, 0.1) is 6.26 Å². The van der Waals surface area contributed by atoms with Gasteiger partial charge in [0.1, 0.15) is 11.5 Å². The molecule has 1 atom stereocenters. The van der Waals surface area contributed by atoms with Crippen molar-refractivity contribution in [3.8, 4) is 11.5 Å². The average Bonchev–Trinajstić information content (AvgIpc) is 2.29. The first-order valence-corrected chi connectivity index (χ1v) is 5.20. The third-order valence-corrected chi connectivity index (χ3v) is 3.02. The molecule has 1 heterocycles. The van der Waals surface area contributed by atoms with Gasteiger partial charge < -0.3 is 9.84 Å². The van der Waals surface area contributed by atoms with Crippen molar-refractivity contribution in [3.05, 3.63) is 47.7 Å². The van der Waals surface area contributed by atoms with E-state index in [0.717, 1.165) is 24.2 Å². The second-order valence-corrected chi connectivity index (χ2v) is 3.94. The number of ether oxygens (including phenoxy) is 1. The summed E-state index contributed by atoms with van der Waals surface area (Å²) in [6.07, 6.45) is 8.24. The van der Waals surface area contributed by atoms with E-state index in [0.29, 0.717) is 5.75 Å². The molecule has 1 aromatic rings. The molecule has 1 N–H and O–H groups in total. The molecule has 2 nitrogen and oxygen atoms in total. The fourth-order valence-corrected chi connectivity index (χ4v) is 2.26. The van der Waals surface area contributed by atoms with Crippen molar-refractivity contribution in [2.24, 2.45) is 0 Å².